The minimum atomic E-state index is 0. The monoisotopic (exact) mass is 895 g/mol. The van der Waals surface area contributed by atoms with Crippen LogP contribution in [0.5, 0.6) is 11.5 Å². The van der Waals surface area contributed by atoms with E-state index in [-0.39, 0.29) is 35.9 Å². The predicted octanol–water partition coefficient (Wildman–Crippen LogP) is 6.30. The zero-order chi connectivity index (χ0) is 44.1. The van der Waals surface area contributed by atoms with Gasteiger partial charge in [0.05, 0.1) is 54.6 Å². The SMILES string of the molecule is CC(C)CC(CC(C)C)(c1ccccc1)[N+](C)(C)CCOCCOc1ccccc1.CC(C)CC(CC(C)C)(c1ccccc1)[N+](C)(C)CCOCCOc1ccccc1.[Cl-].[Cl-]. The third kappa shape index (κ3) is 18.2. The van der Waals surface area contributed by atoms with Crippen LogP contribution < -0.4 is 34.3 Å². The fourth-order valence-electron chi connectivity index (χ4n) is 9.21. The van der Waals surface area contributed by atoms with E-state index in [1.165, 1.54) is 36.8 Å². The van der Waals surface area contributed by atoms with Crippen LogP contribution in [0.15, 0.2) is 121 Å². The normalized spacial score (nSPS) is 12.1. The Balaban J connectivity index is 0.000000601. The number of hydrogen-bond donors (Lipinski definition) is 0. The van der Waals surface area contributed by atoms with Crippen molar-refractivity contribution >= 4 is 0 Å². The van der Waals surface area contributed by atoms with Gasteiger partial charge in [-0.25, -0.2) is 0 Å². The first-order valence-electron chi connectivity index (χ1n) is 22.8. The number of para-hydroxylation sites is 2. The van der Waals surface area contributed by atoms with Crippen molar-refractivity contribution in [1.82, 2.24) is 0 Å². The second-order valence-electron chi connectivity index (χ2n) is 19.6. The minimum absolute atomic E-state index is 0. The quantitative estimate of drug-likeness (QED) is 0.0549. The molecule has 0 saturated carbocycles. The lowest BCUT2D eigenvalue weighted by Gasteiger charge is -2.51. The number of hydrogen-bond acceptors (Lipinski definition) is 4. The molecular weight excluding hydrogens is 812 g/mol. The number of likely N-dealkylation sites (N-methyl/N-ethyl adjacent to an activating group) is 2. The van der Waals surface area contributed by atoms with Crippen molar-refractivity contribution in [2.75, 3.05) is 80.9 Å². The first-order chi connectivity index (χ1) is 28.5. The van der Waals surface area contributed by atoms with Crippen LogP contribution in [0.3, 0.4) is 0 Å². The molecular formula is C54H84Cl2N2O4. The third-order valence-corrected chi connectivity index (χ3v) is 12.0. The highest BCUT2D eigenvalue weighted by Gasteiger charge is 2.48. The molecule has 62 heavy (non-hydrogen) atoms. The summed E-state index contributed by atoms with van der Waals surface area (Å²) in [5.41, 5.74) is 3.05. The molecule has 4 aromatic carbocycles. The summed E-state index contributed by atoms with van der Waals surface area (Å²) in [6, 6.07) is 42.1. The van der Waals surface area contributed by atoms with Gasteiger partial charge in [-0.2, -0.15) is 0 Å². The number of quaternary nitrogens is 2. The maximum atomic E-state index is 5.99. The summed E-state index contributed by atoms with van der Waals surface area (Å²) < 4.78 is 25.3. The highest BCUT2D eigenvalue weighted by atomic mass is 35.5. The van der Waals surface area contributed by atoms with Crippen LogP contribution in [0.2, 0.25) is 0 Å². The van der Waals surface area contributed by atoms with Crippen LogP contribution in [0, 0.1) is 23.7 Å². The fourth-order valence-corrected chi connectivity index (χ4v) is 9.21. The van der Waals surface area contributed by atoms with Crippen molar-refractivity contribution < 1.29 is 52.7 Å². The smallest absolute Gasteiger partial charge is 0.125 e. The van der Waals surface area contributed by atoms with Crippen molar-refractivity contribution in [3.63, 3.8) is 0 Å². The Bertz CT molecular complexity index is 1540. The maximum absolute atomic E-state index is 5.99. The van der Waals surface area contributed by atoms with Crippen LogP contribution in [-0.2, 0) is 20.6 Å². The third-order valence-electron chi connectivity index (χ3n) is 12.0. The summed E-state index contributed by atoms with van der Waals surface area (Å²) in [6.45, 7) is 24.5. The van der Waals surface area contributed by atoms with Gasteiger partial charge in [0.2, 0.25) is 0 Å². The number of halogens is 2. The molecule has 0 aliphatic rings. The number of rotatable bonds is 26. The molecule has 0 unspecified atom stereocenters. The van der Waals surface area contributed by atoms with E-state index in [9.17, 15) is 0 Å². The molecule has 0 atom stereocenters. The molecule has 348 valence electrons. The molecule has 0 aliphatic heterocycles. The summed E-state index contributed by atoms with van der Waals surface area (Å²) >= 11 is 0. The van der Waals surface area contributed by atoms with Gasteiger partial charge in [-0.3, -0.25) is 0 Å². The highest BCUT2D eigenvalue weighted by molar-refractivity contribution is 5.25. The number of nitrogens with zero attached hydrogens (tertiary/aromatic N) is 2. The average molecular weight is 896 g/mol. The summed E-state index contributed by atoms with van der Waals surface area (Å²) in [5.74, 6) is 4.30. The fraction of sp³-hybridized carbons (Fsp3) is 0.556. The molecule has 4 aromatic rings. The van der Waals surface area contributed by atoms with Gasteiger partial charge in [0.1, 0.15) is 48.9 Å². The molecule has 4 rings (SSSR count). The molecule has 0 amide bonds. The van der Waals surface area contributed by atoms with E-state index in [2.05, 4.69) is 144 Å². The first kappa shape index (κ1) is 56.9. The lowest BCUT2D eigenvalue weighted by atomic mass is 9.74. The Morgan fingerprint density at radius 1 is 0.371 bits per heavy atom. The van der Waals surface area contributed by atoms with Crippen molar-refractivity contribution in [1.29, 1.82) is 0 Å². The van der Waals surface area contributed by atoms with Crippen LogP contribution >= 0.6 is 0 Å². The highest BCUT2D eigenvalue weighted by Crippen LogP contribution is 2.45. The van der Waals surface area contributed by atoms with E-state index in [0.29, 0.717) is 50.1 Å². The lowest BCUT2D eigenvalue weighted by Crippen LogP contribution is -3.00. The topological polar surface area (TPSA) is 36.9 Å². The van der Waals surface area contributed by atoms with Crippen LogP contribution in [-0.4, -0.2) is 89.9 Å². The van der Waals surface area contributed by atoms with E-state index in [1.54, 1.807) is 0 Å². The van der Waals surface area contributed by atoms with Gasteiger partial charge >= 0.3 is 0 Å². The van der Waals surface area contributed by atoms with Crippen molar-refractivity contribution in [3.05, 3.63) is 132 Å². The van der Waals surface area contributed by atoms with Gasteiger partial charge in [-0.15, -0.1) is 0 Å². The predicted molar refractivity (Wildman–Crippen MR) is 254 cm³/mol. The Morgan fingerprint density at radius 2 is 0.629 bits per heavy atom. The summed E-state index contributed by atoms with van der Waals surface area (Å²) in [6.07, 6.45) is 4.66. The lowest BCUT2D eigenvalue weighted by molar-refractivity contribution is -0.952. The minimum Gasteiger partial charge on any atom is -1.00 e. The Morgan fingerprint density at radius 3 is 0.887 bits per heavy atom. The largest absolute Gasteiger partial charge is 1.00 e. The molecule has 6 nitrogen and oxygen atoms in total. The van der Waals surface area contributed by atoms with Gasteiger partial charge in [-0.05, 0) is 47.9 Å². The molecule has 0 fully saturated rings. The van der Waals surface area contributed by atoms with E-state index in [4.69, 9.17) is 18.9 Å². The Hall–Kier alpha value is -3.10. The van der Waals surface area contributed by atoms with Crippen molar-refractivity contribution in [2.24, 2.45) is 23.7 Å². The van der Waals surface area contributed by atoms with Gasteiger partial charge in [0, 0.05) is 36.8 Å². The van der Waals surface area contributed by atoms with Gasteiger partial charge < -0.3 is 52.7 Å². The van der Waals surface area contributed by atoms with Crippen LogP contribution in [0.25, 0.3) is 0 Å². The summed E-state index contributed by atoms with van der Waals surface area (Å²) in [4.78, 5) is 0. The molecule has 0 spiro atoms. The second-order valence-corrected chi connectivity index (χ2v) is 19.6. The molecule has 8 heteroatoms. The first-order valence-corrected chi connectivity index (χ1v) is 22.8. The molecule has 0 saturated heterocycles. The van der Waals surface area contributed by atoms with Crippen LogP contribution in [0.1, 0.15) is 92.2 Å². The van der Waals surface area contributed by atoms with E-state index < -0.39 is 0 Å². The molecule has 0 radical (unpaired) electrons. The van der Waals surface area contributed by atoms with E-state index in [1.807, 2.05) is 60.7 Å². The second kappa shape index (κ2) is 28.6. The zero-order valence-corrected chi connectivity index (χ0v) is 42.1. The molecule has 0 aliphatic carbocycles. The van der Waals surface area contributed by atoms with Gasteiger partial charge in [0.15, 0.2) is 0 Å². The number of ether oxygens (including phenoxy) is 4. The zero-order valence-electron chi connectivity index (χ0n) is 40.6. The maximum Gasteiger partial charge on any atom is 0.125 e. The number of benzene rings is 4. The molecule has 0 bridgehead atoms. The Labute approximate surface area is 391 Å². The molecule has 0 heterocycles. The summed E-state index contributed by atoms with van der Waals surface area (Å²) in [5, 5.41) is 0. The van der Waals surface area contributed by atoms with Gasteiger partial charge in [0.25, 0.3) is 0 Å². The van der Waals surface area contributed by atoms with Crippen molar-refractivity contribution in [3.8, 4) is 11.5 Å². The van der Waals surface area contributed by atoms with Crippen LogP contribution in [0.4, 0.5) is 0 Å². The van der Waals surface area contributed by atoms with Crippen molar-refractivity contribution in [2.45, 2.75) is 92.2 Å². The Kier molecular flexibility index (Phi) is 26.3. The van der Waals surface area contributed by atoms with Gasteiger partial charge in [-0.1, -0.05) is 152 Å². The average Bonchev–Trinajstić information content (AvgIpc) is 3.20. The van der Waals surface area contributed by atoms with E-state index >= 15 is 0 Å². The molecule has 0 aromatic heterocycles. The molecule has 0 N–H and O–H groups in total. The van der Waals surface area contributed by atoms with E-state index in [0.717, 1.165) is 46.8 Å². The summed E-state index contributed by atoms with van der Waals surface area (Å²) in [7, 11) is 9.51. The standard InChI is InChI=1S/2C27H42NO2.2ClH/c2*1-23(2)21-27(22-24(3)4,25-13-9-7-10-14-25)28(5,6)17-18-29-19-20-30-26-15-11-8-12-16-26;;/h2*7-16,23-24H,17-22H2,1-6H3;2*1H/q2*+1;;/p-2.